The summed E-state index contributed by atoms with van der Waals surface area (Å²) in [7, 11) is 0. The molecule has 3 aromatic rings. The number of nitrogens with two attached hydrogens (primary N) is 1. The van der Waals surface area contributed by atoms with Crippen molar-refractivity contribution in [2.24, 2.45) is 11.3 Å². The molecule has 8 nitrogen and oxygen atoms in total. The maximum Gasteiger partial charge on any atom is 0.417 e. The zero-order chi connectivity index (χ0) is 32.3. The number of hydrogen-bond donors (Lipinski definition) is 1. The van der Waals surface area contributed by atoms with Crippen LogP contribution in [0.1, 0.15) is 36.8 Å². The summed E-state index contributed by atoms with van der Waals surface area (Å²) < 4.78 is 101. The molecule has 2 N–H and O–H groups in total. The summed E-state index contributed by atoms with van der Waals surface area (Å²) in [6, 6.07) is -0.0343. The van der Waals surface area contributed by atoms with E-state index in [1.165, 1.54) is 0 Å². The predicted molar refractivity (Wildman–Crippen MR) is 157 cm³/mol. The van der Waals surface area contributed by atoms with Crippen molar-refractivity contribution >= 4 is 22.4 Å². The fourth-order valence-electron chi connectivity index (χ4n) is 8.30. The van der Waals surface area contributed by atoms with Crippen LogP contribution < -0.4 is 15.4 Å². The summed E-state index contributed by atoms with van der Waals surface area (Å²) in [5.41, 5.74) is 2.06. The van der Waals surface area contributed by atoms with Crippen LogP contribution in [-0.2, 0) is 10.9 Å². The molecule has 2 aromatic heterocycles. The number of halogens is 6. The van der Waals surface area contributed by atoms with Crippen molar-refractivity contribution in [3.63, 3.8) is 0 Å². The van der Waals surface area contributed by atoms with Crippen LogP contribution in [0.5, 0.6) is 6.01 Å². The summed E-state index contributed by atoms with van der Waals surface area (Å²) in [6.07, 6.45) is -1.17. The van der Waals surface area contributed by atoms with Gasteiger partial charge in [-0.25, -0.2) is 13.2 Å². The number of benzene rings is 1. The number of ether oxygens (including phenoxy) is 2. The van der Waals surface area contributed by atoms with Crippen molar-refractivity contribution in [1.82, 2.24) is 19.9 Å². The molecule has 46 heavy (non-hydrogen) atoms. The molecule has 2 unspecified atom stereocenters. The Kier molecular flexibility index (Phi) is 6.42. The molecule has 2 aliphatic carbocycles. The molecular weight excluding hydrogens is 614 g/mol. The number of anilines is 2. The van der Waals surface area contributed by atoms with E-state index < -0.39 is 64.0 Å². The third kappa shape index (κ3) is 4.24. The topological polar surface area (TPSA) is 89.6 Å². The molecule has 1 spiro atoms. The van der Waals surface area contributed by atoms with Crippen LogP contribution in [0, 0.1) is 29.9 Å². The Labute approximate surface area is 260 Å². The minimum atomic E-state index is -5.04. The summed E-state index contributed by atoms with van der Waals surface area (Å²) in [5.74, 6) is -2.68. The molecule has 5 aliphatic rings. The standard InChI is InChI=1S/C32H32F6N6O2/c1-15-10-31(30(3-4-30)5-6-43(31)12-15)14-46-29-41-26-18(28(42-29)44-7-8-45-13-19-23(34)27(19)44)11-40-25(24(26)35)17-9-20(39)22(33)16(2)21(17)32(36,37)38/h9,11,19,23,27H,1,3-8,10,12-14,39H2,2H3/t19?,23-,27?,31-/m0/s1. The molecule has 0 bridgehead atoms. The molecule has 0 amide bonds. The van der Waals surface area contributed by atoms with E-state index in [1.54, 1.807) is 4.90 Å². The van der Waals surface area contributed by atoms with Crippen molar-refractivity contribution in [2.75, 3.05) is 50.1 Å². The lowest BCUT2D eigenvalue weighted by Crippen LogP contribution is -2.49. The number of alkyl halides is 4. The van der Waals surface area contributed by atoms with E-state index in [-0.39, 0.29) is 60.1 Å². The van der Waals surface area contributed by atoms with Crippen LogP contribution in [0.4, 0.5) is 37.8 Å². The molecule has 14 heteroatoms. The highest BCUT2D eigenvalue weighted by molar-refractivity contribution is 5.93. The number of nitrogens with zero attached hydrogens (tertiary/aromatic N) is 5. The number of fused-ring (bicyclic) bond motifs is 4. The Morgan fingerprint density at radius 3 is 2.67 bits per heavy atom. The highest BCUT2D eigenvalue weighted by Crippen LogP contribution is 2.66. The summed E-state index contributed by atoms with van der Waals surface area (Å²) >= 11 is 0. The first-order valence-corrected chi connectivity index (χ1v) is 15.4. The van der Waals surface area contributed by atoms with Gasteiger partial charge in [0.25, 0.3) is 0 Å². The largest absolute Gasteiger partial charge is 0.461 e. The van der Waals surface area contributed by atoms with Crippen molar-refractivity contribution in [2.45, 2.75) is 56.5 Å². The first kappa shape index (κ1) is 29.7. The molecule has 244 valence electrons. The molecule has 5 heterocycles. The third-order valence-corrected chi connectivity index (χ3v) is 10.9. The van der Waals surface area contributed by atoms with E-state index >= 15 is 4.39 Å². The second kappa shape index (κ2) is 9.93. The predicted octanol–water partition coefficient (Wildman–Crippen LogP) is 5.62. The van der Waals surface area contributed by atoms with Crippen LogP contribution in [0.2, 0.25) is 0 Å². The molecule has 8 rings (SSSR count). The zero-order valence-corrected chi connectivity index (χ0v) is 25.1. The number of rotatable bonds is 5. The molecule has 2 saturated carbocycles. The second-order valence-corrected chi connectivity index (χ2v) is 13.4. The molecule has 3 aliphatic heterocycles. The van der Waals surface area contributed by atoms with Gasteiger partial charge in [-0.2, -0.15) is 23.1 Å². The SMILES string of the molecule is C=C1CN2CCC3(CC3)[C@@]2(COc2nc(N3CCOCC4C3[C@H]4F)c3cnc(-c4cc(N)c(F)c(C)c4C(F)(F)F)c(F)c3n2)C1. The maximum atomic E-state index is 16.6. The van der Waals surface area contributed by atoms with E-state index in [0.29, 0.717) is 0 Å². The molecule has 0 radical (unpaired) electrons. The minimum absolute atomic E-state index is 0.0716. The van der Waals surface area contributed by atoms with Crippen molar-refractivity contribution < 1.29 is 35.8 Å². The first-order valence-electron chi connectivity index (χ1n) is 15.4. The monoisotopic (exact) mass is 646 g/mol. The van der Waals surface area contributed by atoms with Gasteiger partial charge in [0.1, 0.15) is 35.6 Å². The Morgan fingerprint density at radius 1 is 1.15 bits per heavy atom. The number of aromatic nitrogens is 3. The summed E-state index contributed by atoms with van der Waals surface area (Å²) in [4.78, 5) is 17.2. The number of nitrogen functional groups attached to an aromatic ring is 1. The summed E-state index contributed by atoms with van der Waals surface area (Å²) in [5, 5.41) is 0.0716. The Hall–Kier alpha value is -3.65. The second-order valence-electron chi connectivity index (χ2n) is 13.4. The first-order chi connectivity index (χ1) is 21.8. The normalized spacial score (nSPS) is 28.5. The Morgan fingerprint density at radius 2 is 1.93 bits per heavy atom. The average Bonchev–Trinajstić information content (AvgIpc) is 3.88. The van der Waals surface area contributed by atoms with Gasteiger partial charge >= 0.3 is 12.2 Å². The highest BCUT2D eigenvalue weighted by Gasteiger charge is 2.67. The smallest absolute Gasteiger partial charge is 0.417 e. The molecule has 3 saturated heterocycles. The van der Waals surface area contributed by atoms with Gasteiger partial charge in [0.15, 0.2) is 5.82 Å². The van der Waals surface area contributed by atoms with E-state index in [0.717, 1.165) is 63.5 Å². The average molecular weight is 647 g/mol. The Balaban J connectivity index is 1.27. The van der Waals surface area contributed by atoms with Crippen molar-refractivity contribution in [3.8, 4) is 17.3 Å². The molecule has 4 atom stereocenters. The van der Waals surface area contributed by atoms with E-state index in [2.05, 4.69) is 26.4 Å². The van der Waals surface area contributed by atoms with Crippen LogP contribution in [0.25, 0.3) is 22.2 Å². The summed E-state index contributed by atoms with van der Waals surface area (Å²) in [6.45, 7) is 7.75. The molecule has 5 fully saturated rings. The minimum Gasteiger partial charge on any atom is -0.461 e. The fourth-order valence-corrected chi connectivity index (χ4v) is 8.30. The highest BCUT2D eigenvalue weighted by atomic mass is 19.4. The van der Waals surface area contributed by atoms with Gasteiger partial charge in [-0.1, -0.05) is 12.2 Å². The van der Waals surface area contributed by atoms with Gasteiger partial charge in [-0.15, -0.1) is 0 Å². The van der Waals surface area contributed by atoms with E-state index in [1.807, 2.05) is 0 Å². The van der Waals surface area contributed by atoms with Crippen molar-refractivity contribution in [1.29, 1.82) is 0 Å². The van der Waals surface area contributed by atoms with Gasteiger partial charge in [-0.05, 0) is 56.2 Å². The molecule has 1 aromatic carbocycles. The third-order valence-electron chi connectivity index (χ3n) is 10.9. The van der Waals surface area contributed by atoms with Crippen LogP contribution in [0.3, 0.4) is 0 Å². The van der Waals surface area contributed by atoms with Gasteiger partial charge in [0.05, 0.1) is 41.4 Å². The van der Waals surface area contributed by atoms with Gasteiger partial charge < -0.3 is 20.1 Å². The van der Waals surface area contributed by atoms with Gasteiger partial charge in [-0.3, -0.25) is 9.88 Å². The zero-order valence-electron chi connectivity index (χ0n) is 25.1. The van der Waals surface area contributed by atoms with Crippen LogP contribution in [0.15, 0.2) is 24.4 Å². The lowest BCUT2D eigenvalue weighted by atomic mass is 9.80. The quantitative estimate of drug-likeness (QED) is 0.217. The fraction of sp³-hybridized carbons (Fsp3) is 0.531. The number of hydrogen-bond acceptors (Lipinski definition) is 8. The molecular formula is C32H32F6N6O2. The van der Waals surface area contributed by atoms with E-state index in [9.17, 15) is 22.0 Å². The lowest BCUT2D eigenvalue weighted by Gasteiger charge is -2.37. The van der Waals surface area contributed by atoms with Crippen LogP contribution >= 0.6 is 0 Å². The van der Waals surface area contributed by atoms with Gasteiger partial charge in [0.2, 0.25) is 0 Å². The van der Waals surface area contributed by atoms with Crippen LogP contribution in [-0.4, -0.2) is 77.1 Å². The lowest BCUT2D eigenvalue weighted by molar-refractivity contribution is -0.137. The number of pyridine rings is 1. The Bertz CT molecular complexity index is 1800. The van der Waals surface area contributed by atoms with Crippen molar-refractivity contribution in [3.05, 3.63) is 47.2 Å². The van der Waals surface area contributed by atoms with Gasteiger partial charge in [0, 0.05) is 30.8 Å². The van der Waals surface area contributed by atoms with E-state index in [4.69, 9.17) is 15.2 Å². The maximum absolute atomic E-state index is 16.6.